The van der Waals surface area contributed by atoms with Crippen LogP contribution in [-0.4, -0.2) is 52.9 Å². The molecule has 0 rings (SSSR count). The predicted octanol–water partition coefficient (Wildman–Crippen LogP) is -7.77. The summed E-state index contributed by atoms with van der Waals surface area (Å²) in [6, 6.07) is 0. The van der Waals surface area contributed by atoms with Crippen LogP contribution in [0.4, 0.5) is 0 Å². The van der Waals surface area contributed by atoms with Gasteiger partial charge in [0.2, 0.25) is 0 Å². The molecule has 0 aromatic rings. The Labute approximate surface area is 109 Å². The molecule has 0 bridgehead atoms. The number of carbonyl (C=O) groups is 3. The van der Waals surface area contributed by atoms with Gasteiger partial charge in [-0.2, -0.15) is 0 Å². The Morgan fingerprint density at radius 2 is 0.789 bits per heavy atom. The lowest BCUT2D eigenvalue weighted by Gasteiger charge is -2.39. The molecule has 0 fully saturated rings. The van der Waals surface area contributed by atoms with Gasteiger partial charge in [0.15, 0.2) is 19.6 Å². The van der Waals surface area contributed by atoms with Crippen molar-refractivity contribution in [3.05, 3.63) is 0 Å². The molecule has 19 heavy (non-hydrogen) atoms. The Morgan fingerprint density at radius 1 is 0.737 bits per heavy atom. The van der Waals surface area contributed by atoms with Crippen LogP contribution in [-0.2, 0) is 14.4 Å². The average Bonchev–Trinajstić information content (AvgIpc) is 2.29. The summed E-state index contributed by atoms with van der Waals surface area (Å²) in [5, 5.41) is 23.0. The van der Waals surface area contributed by atoms with E-state index in [0.717, 1.165) is 0 Å². The van der Waals surface area contributed by atoms with E-state index in [-0.39, 0.29) is 19.6 Å². The molecule has 0 aromatic heterocycles. The molecule has 0 heterocycles. The van der Waals surface area contributed by atoms with Crippen molar-refractivity contribution in [2.45, 2.75) is 0 Å². The van der Waals surface area contributed by atoms with Crippen LogP contribution in [0.5, 0.6) is 0 Å². The minimum atomic E-state index is -3.37. The van der Waals surface area contributed by atoms with Gasteiger partial charge in [-0.15, -0.1) is 0 Å². The van der Waals surface area contributed by atoms with E-state index in [0.29, 0.717) is 0 Å². The Morgan fingerprint density at radius 3 is 0.789 bits per heavy atom. The van der Waals surface area contributed by atoms with Crippen molar-refractivity contribution in [1.29, 1.82) is 0 Å². The number of rotatable bonds is 3. The summed E-state index contributed by atoms with van der Waals surface area (Å²) in [6.07, 6.45) is 0. The van der Waals surface area contributed by atoms with E-state index >= 15 is 0 Å². The second kappa shape index (κ2) is 21.8. The maximum absolute atomic E-state index is 9.31. The van der Waals surface area contributed by atoms with Crippen LogP contribution in [0.15, 0.2) is 0 Å². The van der Waals surface area contributed by atoms with E-state index < -0.39 is 26.5 Å². The van der Waals surface area contributed by atoms with Crippen LogP contribution in [0.25, 0.3) is 0 Å². The zero-order chi connectivity index (χ0) is 16.4. The molecule has 13 heteroatoms. The second-order valence-electron chi connectivity index (χ2n) is 2.15. The van der Waals surface area contributed by atoms with Crippen molar-refractivity contribution in [2.75, 3.05) is 19.6 Å². The van der Waals surface area contributed by atoms with E-state index in [4.69, 9.17) is 30.0 Å². The highest BCUT2D eigenvalue weighted by molar-refractivity contribution is 7.33. The van der Waals surface area contributed by atoms with E-state index in [1.807, 2.05) is 0 Å². The van der Waals surface area contributed by atoms with Crippen LogP contribution in [0, 0.1) is 0 Å². The van der Waals surface area contributed by atoms with Crippen molar-refractivity contribution >= 4 is 26.5 Å². The van der Waals surface area contributed by atoms with E-state index in [9.17, 15) is 14.4 Å². The standard InChI is InChI=1S/3C2H5NO2.O3P/c3*3-1-2(4)5;1-4(2)3/h3*1,3H2,(H,4,5);/q;;;-3/p+3. The van der Waals surface area contributed by atoms with E-state index in [1.165, 1.54) is 0 Å². The summed E-state index contributed by atoms with van der Waals surface area (Å²) < 4.78 is 0. The number of carboxylic acids is 3. The summed E-state index contributed by atoms with van der Waals surface area (Å²) in [5.74, 6) is -2.57. The van der Waals surface area contributed by atoms with E-state index in [1.54, 1.807) is 0 Å². The van der Waals surface area contributed by atoms with Gasteiger partial charge in [0.25, 0.3) is 0 Å². The molecule has 12 nitrogen and oxygen atoms in total. The van der Waals surface area contributed by atoms with Gasteiger partial charge >= 0.3 is 17.9 Å². The molecule has 0 saturated carbocycles. The maximum atomic E-state index is 9.31. The fourth-order valence-electron chi connectivity index (χ4n) is 0. The van der Waals surface area contributed by atoms with Gasteiger partial charge in [-0.25, -0.2) is 14.4 Å². The molecular weight excluding hydrogens is 289 g/mol. The minimum absolute atomic E-state index is 0.0278. The number of carboxylic acid groups (broad SMARTS) is 3. The maximum Gasteiger partial charge on any atom is 0.359 e. The fraction of sp³-hybridized carbons (Fsp3) is 0.500. The van der Waals surface area contributed by atoms with E-state index in [2.05, 4.69) is 17.2 Å². The van der Waals surface area contributed by atoms with Crippen LogP contribution in [0.2, 0.25) is 0 Å². The molecule has 0 spiro atoms. The molecule has 0 amide bonds. The Bertz CT molecular complexity index is 202. The lowest BCUT2D eigenvalue weighted by Crippen LogP contribution is -2.54. The summed E-state index contributed by atoms with van der Waals surface area (Å²) in [4.78, 5) is 53.4. The molecule has 0 aliphatic heterocycles. The molecule has 0 radical (unpaired) electrons. The van der Waals surface area contributed by atoms with Crippen LogP contribution >= 0.6 is 8.60 Å². The topological polar surface area (TPSA) is 264 Å². The lowest BCUT2D eigenvalue weighted by atomic mass is 10.7. The first-order chi connectivity index (χ1) is 8.54. The first kappa shape index (κ1) is 26.2. The SMILES string of the molecule is [NH3+]CC(=O)O.[NH3+]CC(=O)O.[NH3+]CC(=O)O.[O-]P([O-])[O-]. The quantitative estimate of drug-likeness (QED) is 0.270. The van der Waals surface area contributed by atoms with Crippen molar-refractivity contribution in [2.24, 2.45) is 0 Å². The van der Waals surface area contributed by atoms with Gasteiger partial charge in [-0.1, -0.05) is 0 Å². The third-order valence-electron chi connectivity index (χ3n) is 0.642. The number of hydrogen-bond acceptors (Lipinski definition) is 6. The Kier molecular flexibility index (Phi) is 30.1. The van der Waals surface area contributed by atoms with Gasteiger partial charge in [-0.05, 0) is 0 Å². The number of quaternary nitrogens is 3. The van der Waals surface area contributed by atoms with Gasteiger partial charge in [-0.3, -0.25) is 0 Å². The van der Waals surface area contributed by atoms with Crippen molar-refractivity contribution in [3.8, 4) is 0 Å². The van der Waals surface area contributed by atoms with Crippen LogP contribution in [0.1, 0.15) is 0 Å². The van der Waals surface area contributed by atoms with Gasteiger partial charge in [0, 0.05) is 0 Å². The first-order valence-electron chi connectivity index (χ1n) is 4.39. The van der Waals surface area contributed by atoms with Crippen molar-refractivity contribution < 1.29 is 61.6 Å². The van der Waals surface area contributed by atoms with Crippen LogP contribution < -0.4 is 31.9 Å². The highest BCUT2D eigenvalue weighted by Gasteiger charge is 1.86. The highest BCUT2D eigenvalue weighted by Crippen LogP contribution is 1.85. The smallest absolute Gasteiger partial charge is 0.359 e. The molecule has 0 unspecified atom stereocenters. The molecule has 0 aromatic carbocycles. The summed E-state index contributed by atoms with van der Waals surface area (Å²) in [6.45, 7) is -0.0833. The molecular formula is C6H18N3O9P. The lowest BCUT2D eigenvalue weighted by molar-refractivity contribution is -0.407. The van der Waals surface area contributed by atoms with Crippen molar-refractivity contribution in [3.63, 3.8) is 0 Å². The molecule has 0 atom stereocenters. The minimum Gasteiger partial charge on any atom is -0.854 e. The van der Waals surface area contributed by atoms with Gasteiger partial charge < -0.3 is 55.8 Å². The number of hydrogen-bond donors (Lipinski definition) is 6. The second-order valence-corrected chi connectivity index (χ2v) is 2.60. The normalized spacial score (nSPS) is 7.74. The predicted molar refractivity (Wildman–Crippen MR) is 53.1 cm³/mol. The monoisotopic (exact) mass is 307 g/mol. The van der Waals surface area contributed by atoms with Crippen molar-refractivity contribution in [1.82, 2.24) is 0 Å². The molecule has 0 aliphatic rings. The molecule has 12 N–H and O–H groups in total. The Balaban J connectivity index is -0.0000000793. The molecule has 0 aliphatic carbocycles. The van der Waals surface area contributed by atoms with Gasteiger partial charge in [0.05, 0.1) is 0 Å². The fourth-order valence-corrected chi connectivity index (χ4v) is 0. The third kappa shape index (κ3) is 167. The summed E-state index contributed by atoms with van der Waals surface area (Å²) in [5.41, 5.74) is 9.26. The zero-order valence-corrected chi connectivity index (χ0v) is 10.9. The molecule has 116 valence electrons. The Hall–Kier alpha value is -1.40. The third-order valence-corrected chi connectivity index (χ3v) is 0.642. The molecule has 0 saturated heterocycles. The highest BCUT2D eigenvalue weighted by atomic mass is 31.2. The first-order valence-corrected chi connectivity index (χ1v) is 5.49. The summed E-state index contributed by atoms with van der Waals surface area (Å²) in [7, 11) is -3.37. The average molecular weight is 307 g/mol. The largest absolute Gasteiger partial charge is 0.854 e. The number of aliphatic carboxylic acids is 3. The summed E-state index contributed by atoms with van der Waals surface area (Å²) >= 11 is 0. The van der Waals surface area contributed by atoms with Crippen LogP contribution in [0.3, 0.4) is 0 Å². The van der Waals surface area contributed by atoms with Gasteiger partial charge in [0.1, 0.15) is 0 Å². The zero-order valence-electron chi connectivity index (χ0n) is 9.98.